The normalized spacial score (nSPS) is 18.8. The molecular formula is C20H19N3O3S. The van der Waals surface area contributed by atoms with Gasteiger partial charge in [0.1, 0.15) is 0 Å². The van der Waals surface area contributed by atoms with Crippen LogP contribution in [0.2, 0.25) is 0 Å². The second-order valence-electron chi connectivity index (χ2n) is 6.50. The number of amides is 4. The predicted molar refractivity (Wildman–Crippen MR) is 102 cm³/mol. The molecule has 0 spiro atoms. The molecule has 2 aliphatic heterocycles. The van der Waals surface area contributed by atoms with Crippen LogP contribution in [0.15, 0.2) is 53.4 Å². The van der Waals surface area contributed by atoms with Crippen LogP contribution in [0, 0.1) is 0 Å². The Labute approximate surface area is 161 Å². The van der Waals surface area contributed by atoms with E-state index >= 15 is 0 Å². The molecule has 4 rings (SSSR count). The van der Waals surface area contributed by atoms with Crippen molar-refractivity contribution in [2.24, 2.45) is 0 Å². The summed E-state index contributed by atoms with van der Waals surface area (Å²) in [5.74, 6) is 0.476. The molecule has 2 aromatic rings. The molecule has 0 aliphatic carbocycles. The number of carbonyl (C=O) groups is 3. The van der Waals surface area contributed by atoms with E-state index in [4.69, 9.17) is 0 Å². The molecule has 1 fully saturated rings. The summed E-state index contributed by atoms with van der Waals surface area (Å²) >= 11 is 1.80. The van der Waals surface area contributed by atoms with Gasteiger partial charge in [0.05, 0.1) is 19.1 Å². The Hall–Kier alpha value is -2.80. The van der Waals surface area contributed by atoms with Gasteiger partial charge in [-0.25, -0.2) is 4.79 Å². The van der Waals surface area contributed by atoms with Crippen LogP contribution in [-0.4, -0.2) is 35.0 Å². The molecule has 0 saturated carbocycles. The Morgan fingerprint density at radius 3 is 2.74 bits per heavy atom. The molecule has 0 unspecified atom stereocenters. The summed E-state index contributed by atoms with van der Waals surface area (Å²) in [4.78, 5) is 39.0. The number of thioether (sulfide) groups is 1. The van der Waals surface area contributed by atoms with Gasteiger partial charge in [0, 0.05) is 16.2 Å². The largest absolute Gasteiger partial charge is 0.345 e. The zero-order valence-corrected chi connectivity index (χ0v) is 15.4. The molecule has 6 nitrogen and oxygen atoms in total. The number of hydrogen-bond acceptors (Lipinski definition) is 4. The second-order valence-corrected chi connectivity index (χ2v) is 7.63. The minimum atomic E-state index is -0.423. The van der Waals surface area contributed by atoms with Gasteiger partial charge in [-0.1, -0.05) is 36.4 Å². The van der Waals surface area contributed by atoms with Gasteiger partial charge >= 0.3 is 6.03 Å². The van der Waals surface area contributed by atoms with Crippen molar-refractivity contribution in [1.29, 1.82) is 0 Å². The zero-order valence-electron chi connectivity index (χ0n) is 14.6. The number of nitrogens with one attached hydrogen (secondary N) is 2. The fraction of sp³-hybridized carbons (Fsp3) is 0.250. The smallest absolute Gasteiger partial charge is 0.324 e. The highest BCUT2D eigenvalue weighted by molar-refractivity contribution is 7.99. The van der Waals surface area contributed by atoms with Gasteiger partial charge in [0.2, 0.25) is 5.91 Å². The minimum Gasteiger partial charge on any atom is -0.345 e. The third kappa shape index (κ3) is 3.55. The molecule has 1 atom stereocenters. The molecular weight excluding hydrogens is 362 g/mol. The van der Waals surface area contributed by atoms with Crippen molar-refractivity contribution in [1.82, 2.24) is 15.5 Å². The molecule has 7 heteroatoms. The molecule has 0 aromatic heterocycles. The molecule has 2 heterocycles. The fourth-order valence-corrected chi connectivity index (χ4v) is 4.52. The average Bonchev–Trinajstić information content (AvgIpc) is 3.01. The monoisotopic (exact) mass is 381 g/mol. The van der Waals surface area contributed by atoms with Gasteiger partial charge in [-0.05, 0) is 29.7 Å². The van der Waals surface area contributed by atoms with Gasteiger partial charge in [0.15, 0.2) is 0 Å². The van der Waals surface area contributed by atoms with Gasteiger partial charge in [-0.2, -0.15) is 0 Å². The van der Waals surface area contributed by atoms with Crippen molar-refractivity contribution in [3.05, 3.63) is 65.2 Å². The van der Waals surface area contributed by atoms with E-state index in [1.807, 2.05) is 18.2 Å². The maximum atomic E-state index is 13.0. The number of nitrogens with zero attached hydrogens (tertiary/aromatic N) is 1. The Morgan fingerprint density at radius 2 is 1.93 bits per heavy atom. The number of benzene rings is 2. The predicted octanol–water partition coefficient (Wildman–Crippen LogP) is 2.71. The molecule has 1 saturated heterocycles. The standard InChI is InChI=1S/C20H19N3O3S/c24-18-11-21-20(26)23(18)12-13-5-1-2-6-14(13)19(25)22-16-9-10-27-17-8-4-3-7-15(16)17/h1-8,16H,9-12H2,(H,21,26)(H,22,25)/t16-/m1/s1. The third-order valence-corrected chi connectivity index (χ3v) is 5.91. The average molecular weight is 381 g/mol. The highest BCUT2D eigenvalue weighted by atomic mass is 32.2. The Balaban J connectivity index is 1.55. The maximum absolute atomic E-state index is 13.0. The first-order valence-electron chi connectivity index (χ1n) is 8.82. The van der Waals surface area contributed by atoms with Crippen LogP contribution in [-0.2, 0) is 11.3 Å². The number of hydrogen-bond donors (Lipinski definition) is 2. The van der Waals surface area contributed by atoms with Crippen LogP contribution >= 0.6 is 11.8 Å². The maximum Gasteiger partial charge on any atom is 0.324 e. The summed E-state index contributed by atoms with van der Waals surface area (Å²) in [5.41, 5.74) is 2.27. The van der Waals surface area contributed by atoms with E-state index in [1.54, 1.807) is 36.0 Å². The number of imide groups is 1. The lowest BCUT2D eigenvalue weighted by atomic mass is 10.0. The quantitative estimate of drug-likeness (QED) is 0.799. The van der Waals surface area contributed by atoms with E-state index in [9.17, 15) is 14.4 Å². The first-order chi connectivity index (χ1) is 13.1. The highest BCUT2D eigenvalue weighted by Gasteiger charge is 2.30. The lowest BCUT2D eigenvalue weighted by Crippen LogP contribution is -2.34. The van der Waals surface area contributed by atoms with Crippen molar-refractivity contribution < 1.29 is 14.4 Å². The van der Waals surface area contributed by atoms with Crippen LogP contribution < -0.4 is 10.6 Å². The first kappa shape index (κ1) is 17.6. The van der Waals surface area contributed by atoms with Gasteiger partial charge in [-0.15, -0.1) is 11.8 Å². The van der Waals surface area contributed by atoms with Crippen LogP contribution in [0.1, 0.15) is 33.9 Å². The summed E-state index contributed by atoms with van der Waals surface area (Å²) in [6.45, 7) is 0.0923. The molecule has 0 bridgehead atoms. The lowest BCUT2D eigenvalue weighted by molar-refractivity contribution is -0.125. The van der Waals surface area contributed by atoms with Crippen molar-refractivity contribution in [2.45, 2.75) is 23.9 Å². The van der Waals surface area contributed by atoms with Crippen LogP contribution in [0.4, 0.5) is 4.79 Å². The molecule has 138 valence electrons. The second kappa shape index (κ2) is 7.44. The lowest BCUT2D eigenvalue weighted by Gasteiger charge is -2.26. The molecule has 4 amide bonds. The Kier molecular flexibility index (Phi) is 4.85. The molecule has 2 aliphatic rings. The molecule has 27 heavy (non-hydrogen) atoms. The number of rotatable bonds is 4. The molecule has 0 radical (unpaired) electrons. The van der Waals surface area contributed by atoms with Gasteiger partial charge < -0.3 is 10.6 Å². The van der Waals surface area contributed by atoms with Crippen LogP contribution in [0.25, 0.3) is 0 Å². The van der Waals surface area contributed by atoms with E-state index in [2.05, 4.69) is 16.7 Å². The number of urea groups is 1. The Bertz CT molecular complexity index is 899. The van der Waals surface area contributed by atoms with Crippen LogP contribution in [0.5, 0.6) is 0 Å². The third-order valence-electron chi connectivity index (χ3n) is 4.79. The highest BCUT2D eigenvalue weighted by Crippen LogP contribution is 2.36. The van der Waals surface area contributed by atoms with Crippen molar-refractivity contribution >= 4 is 29.6 Å². The number of fused-ring (bicyclic) bond motifs is 1. The van der Waals surface area contributed by atoms with Crippen molar-refractivity contribution in [2.75, 3.05) is 12.3 Å². The van der Waals surface area contributed by atoms with E-state index in [-0.39, 0.29) is 30.9 Å². The van der Waals surface area contributed by atoms with Crippen molar-refractivity contribution in [3.63, 3.8) is 0 Å². The topological polar surface area (TPSA) is 78.5 Å². The number of carbonyl (C=O) groups excluding carboxylic acids is 3. The van der Waals surface area contributed by atoms with E-state index < -0.39 is 6.03 Å². The summed E-state index contributed by atoms with van der Waals surface area (Å²) < 4.78 is 0. The first-order valence-corrected chi connectivity index (χ1v) is 9.81. The fourth-order valence-electron chi connectivity index (χ4n) is 3.39. The molecule has 2 N–H and O–H groups in total. The van der Waals surface area contributed by atoms with Gasteiger partial charge in [0.25, 0.3) is 5.91 Å². The van der Waals surface area contributed by atoms with E-state index in [0.29, 0.717) is 11.1 Å². The van der Waals surface area contributed by atoms with E-state index in [1.165, 1.54) is 4.90 Å². The summed E-state index contributed by atoms with van der Waals surface area (Å²) in [6, 6.07) is 14.7. The van der Waals surface area contributed by atoms with Crippen molar-refractivity contribution in [3.8, 4) is 0 Å². The Morgan fingerprint density at radius 1 is 1.15 bits per heavy atom. The molecule has 2 aromatic carbocycles. The summed E-state index contributed by atoms with van der Waals surface area (Å²) in [5, 5.41) is 5.62. The van der Waals surface area contributed by atoms with Gasteiger partial charge in [-0.3, -0.25) is 14.5 Å². The van der Waals surface area contributed by atoms with E-state index in [0.717, 1.165) is 22.6 Å². The van der Waals surface area contributed by atoms with Crippen LogP contribution in [0.3, 0.4) is 0 Å². The SMILES string of the molecule is O=C(N[C@@H]1CCSc2ccccc21)c1ccccc1CN1C(=O)CNC1=O. The summed E-state index contributed by atoms with van der Waals surface area (Å²) in [6.07, 6.45) is 0.864. The zero-order chi connectivity index (χ0) is 18.8. The summed E-state index contributed by atoms with van der Waals surface area (Å²) in [7, 11) is 0. The minimum absolute atomic E-state index is 0.00369.